The minimum Gasteiger partial charge on any atom is -0.481 e. The number of fused-ring (bicyclic) bond motifs is 1. The van der Waals surface area contributed by atoms with Gasteiger partial charge in [-0.3, -0.25) is 9.59 Å². The maximum atomic E-state index is 12.0. The van der Waals surface area contributed by atoms with Gasteiger partial charge >= 0.3 is 5.97 Å². The summed E-state index contributed by atoms with van der Waals surface area (Å²) in [5.41, 5.74) is 1.72. The first-order valence-corrected chi connectivity index (χ1v) is 9.84. The van der Waals surface area contributed by atoms with Crippen molar-refractivity contribution in [1.29, 1.82) is 0 Å². The average molecular weight is 382 g/mol. The predicted molar refractivity (Wildman–Crippen MR) is 107 cm³/mol. The third-order valence-electron chi connectivity index (χ3n) is 4.39. The van der Waals surface area contributed by atoms with Gasteiger partial charge in [0, 0.05) is 13.0 Å². The molecule has 27 heavy (non-hydrogen) atoms. The zero-order valence-electron chi connectivity index (χ0n) is 14.9. The fourth-order valence-corrected chi connectivity index (χ4v) is 3.94. The summed E-state index contributed by atoms with van der Waals surface area (Å²) in [6.45, 7) is 0.107. The van der Waals surface area contributed by atoms with Crippen LogP contribution in [0.3, 0.4) is 0 Å². The van der Waals surface area contributed by atoms with Crippen molar-refractivity contribution in [3.8, 4) is 0 Å². The van der Waals surface area contributed by atoms with Crippen LogP contribution in [0.4, 0.5) is 0 Å². The zero-order chi connectivity index (χ0) is 19.1. The third kappa shape index (κ3) is 5.37. The number of nitrogens with one attached hydrogen (secondary N) is 1. The number of hydrogen-bond donors (Lipinski definition) is 2. The number of benzene rings is 2. The number of aromatic nitrogens is 1. The molecule has 1 aromatic heterocycles. The molecule has 0 saturated carbocycles. The zero-order valence-corrected chi connectivity index (χ0v) is 15.7. The van der Waals surface area contributed by atoms with E-state index in [9.17, 15) is 14.7 Å². The lowest BCUT2D eigenvalue weighted by Crippen LogP contribution is -2.31. The third-order valence-corrected chi connectivity index (χ3v) is 5.48. The number of nitrogens with zero attached hydrogens (tertiary/aromatic N) is 1. The molecule has 0 spiro atoms. The second-order valence-corrected chi connectivity index (χ2v) is 7.50. The van der Waals surface area contributed by atoms with Crippen LogP contribution in [0.15, 0.2) is 54.6 Å². The summed E-state index contributed by atoms with van der Waals surface area (Å²) in [4.78, 5) is 28.1. The fraction of sp³-hybridized carbons (Fsp3) is 0.286. The fourth-order valence-electron chi connectivity index (χ4n) is 2.93. The van der Waals surface area contributed by atoms with Gasteiger partial charge in [-0.25, -0.2) is 4.98 Å². The number of aryl methyl sites for hydroxylation is 1. The van der Waals surface area contributed by atoms with Crippen molar-refractivity contribution in [2.75, 3.05) is 6.54 Å². The van der Waals surface area contributed by atoms with E-state index in [1.807, 2.05) is 24.3 Å². The quantitative estimate of drug-likeness (QED) is 0.548. The van der Waals surface area contributed by atoms with Crippen molar-refractivity contribution >= 4 is 33.4 Å². The van der Waals surface area contributed by atoms with Crippen LogP contribution in [0, 0.1) is 0 Å². The summed E-state index contributed by atoms with van der Waals surface area (Å²) in [5, 5.41) is 13.2. The molecule has 3 rings (SSSR count). The predicted octanol–water partition coefficient (Wildman–Crippen LogP) is 3.99. The van der Waals surface area contributed by atoms with Gasteiger partial charge in [-0.05, 0) is 37.0 Å². The molecule has 2 N–H and O–H groups in total. The van der Waals surface area contributed by atoms with E-state index < -0.39 is 11.9 Å². The van der Waals surface area contributed by atoms with Crippen molar-refractivity contribution in [3.63, 3.8) is 0 Å². The number of amides is 1. The molecule has 0 bridgehead atoms. The Labute approximate surface area is 162 Å². The Bertz CT molecular complexity index is 875. The van der Waals surface area contributed by atoms with E-state index in [1.165, 1.54) is 4.70 Å². The highest BCUT2D eigenvalue weighted by Crippen LogP contribution is 2.23. The molecule has 0 saturated heterocycles. The number of unbranched alkanes of at least 4 members (excludes halogenated alkanes) is 1. The Morgan fingerprint density at radius 1 is 1.04 bits per heavy atom. The van der Waals surface area contributed by atoms with Gasteiger partial charge in [0.25, 0.3) is 0 Å². The van der Waals surface area contributed by atoms with Gasteiger partial charge in [-0.1, -0.05) is 42.5 Å². The first kappa shape index (κ1) is 19.0. The van der Waals surface area contributed by atoms with E-state index in [-0.39, 0.29) is 12.5 Å². The maximum absolute atomic E-state index is 12.0. The van der Waals surface area contributed by atoms with Crippen LogP contribution < -0.4 is 5.32 Å². The van der Waals surface area contributed by atoms with Crippen LogP contribution in [0.25, 0.3) is 10.2 Å². The molecule has 0 aliphatic rings. The minimum atomic E-state index is -0.933. The van der Waals surface area contributed by atoms with Gasteiger partial charge in [-0.2, -0.15) is 0 Å². The van der Waals surface area contributed by atoms with E-state index in [1.54, 1.807) is 35.6 Å². The molecule has 140 valence electrons. The Morgan fingerprint density at radius 2 is 1.78 bits per heavy atom. The Hall–Kier alpha value is -2.73. The number of para-hydroxylation sites is 1. The molecular weight excluding hydrogens is 360 g/mol. The van der Waals surface area contributed by atoms with Crippen LogP contribution in [0.1, 0.15) is 35.8 Å². The highest BCUT2D eigenvalue weighted by molar-refractivity contribution is 7.18. The van der Waals surface area contributed by atoms with E-state index in [0.717, 1.165) is 29.8 Å². The number of thiazole rings is 1. The molecule has 1 heterocycles. The molecule has 0 aliphatic heterocycles. The highest BCUT2D eigenvalue weighted by Gasteiger charge is 2.20. The standard InChI is InChI=1S/C21H22N2O3S/c24-19(22-14-16(21(25)26)15-8-2-1-3-9-15)12-6-7-13-20-23-17-10-4-5-11-18(17)27-20/h1-5,8-11,16H,6-7,12-14H2,(H,22,24)(H,25,26). The maximum Gasteiger partial charge on any atom is 0.312 e. The summed E-state index contributed by atoms with van der Waals surface area (Å²) in [6.07, 6.45) is 2.89. The van der Waals surface area contributed by atoms with Crippen LogP contribution >= 0.6 is 11.3 Å². The Morgan fingerprint density at radius 3 is 2.52 bits per heavy atom. The number of hydrogen-bond acceptors (Lipinski definition) is 4. The number of aliphatic carboxylic acids is 1. The molecular formula is C21H22N2O3S. The number of carboxylic acids is 1. The van der Waals surface area contributed by atoms with Gasteiger partial charge in [0.2, 0.25) is 5.91 Å². The van der Waals surface area contributed by atoms with Crippen molar-refractivity contribution in [2.45, 2.75) is 31.6 Å². The Balaban J connectivity index is 1.40. The van der Waals surface area contributed by atoms with Crippen molar-refractivity contribution in [3.05, 3.63) is 65.2 Å². The van der Waals surface area contributed by atoms with Crippen LogP contribution in [0.5, 0.6) is 0 Å². The smallest absolute Gasteiger partial charge is 0.312 e. The lowest BCUT2D eigenvalue weighted by atomic mass is 9.99. The number of carboxylic acid groups (broad SMARTS) is 1. The van der Waals surface area contributed by atoms with Gasteiger partial charge in [0.15, 0.2) is 0 Å². The molecule has 6 heteroatoms. The molecule has 1 amide bonds. The van der Waals surface area contributed by atoms with E-state index >= 15 is 0 Å². The number of carbonyl (C=O) groups is 2. The first-order chi connectivity index (χ1) is 13.1. The molecule has 0 radical (unpaired) electrons. The lowest BCUT2D eigenvalue weighted by Gasteiger charge is -2.13. The van der Waals surface area contributed by atoms with Gasteiger partial charge < -0.3 is 10.4 Å². The van der Waals surface area contributed by atoms with Crippen LogP contribution in [-0.4, -0.2) is 28.5 Å². The van der Waals surface area contributed by atoms with Crippen molar-refractivity contribution in [1.82, 2.24) is 10.3 Å². The van der Waals surface area contributed by atoms with Gasteiger partial charge in [-0.15, -0.1) is 11.3 Å². The summed E-state index contributed by atoms with van der Waals surface area (Å²) in [5.74, 6) is -1.77. The largest absolute Gasteiger partial charge is 0.481 e. The molecule has 2 aromatic carbocycles. The molecule has 1 atom stereocenters. The van der Waals surface area contributed by atoms with Gasteiger partial charge in [0.1, 0.15) is 0 Å². The molecule has 3 aromatic rings. The molecule has 0 fully saturated rings. The highest BCUT2D eigenvalue weighted by atomic mass is 32.1. The van der Waals surface area contributed by atoms with Crippen LogP contribution in [0.2, 0.25) is 0 Å². The summed E-state index contributed by atoms with van der Waals surface area (Å²) in [6, 6.07) is 17.0. The van der Waals surface area contributed by atoms with Crippen molar-refractivity contribution < 1.29 is 14.7 Å². The lowest BCUT2D eigenvalue weighted by molar-refractivity contribution is -0.138. The van der Waals surface area contributed by atoms with Gasteiger partial charge in [0.05, 0.1) is 21.1 Å². The van der Waals surface area contributed by atoms with E-state index in [2.05, 4.69) is 16.4 Å². The normalized spacial score (nSPS) is 12.0. The second kappa shape index (κ2) is 9.28. The second-order valence-electron chi connectivity index (χ2n) is 6.39. The van der Waals surface area contributed by atoms with Crippen molar-refractivity contribution in [2.24, 2.45) is 0 Å². The summed E-state index contributed by atoms with van der Waals surface area (Å²) in [7, 11) is 0. The van der Waals surface area contributed by atoms with Crippen LogP contribution in [-0.2, 0) is 16.0 Å². The average Bonchev–Trinajstić information content (AvgIpc) is 3.09. The molecule has 5 nitrogen and oxygen atoms in total. The van der Waals surface area contributed by atoms with E-state index in [0.29, 0.717) is 12.0 Å². The Kier molecular flexibility index (Phi) is 6.54. The number of carbonyl (C=O) groups excluding carboxylic acids is 1. The summed E-state index contributed by atoms with van der Waals surface area (Å²) < 4.78 is 1.19. The topological polar surface area (TPSA) is 79.3 Å². The number of rotatable bonds is 9. The monoisotopic (exact) mass is 382 g/mol. The minimum absolute atomic E-state index is 0.107. The SMILES string of the molecule is O=C(CCCCc1nc2ccccc2s1)NCC(C(=O)O)c1ccccc1. The molecule has 0 aliphatic carbocycles. The first-order valence-electron chi connectivity index (χ1n) is 9.02. The summed E-state index contributed by atoms with van der Waals surface area (Å²) >= 11 is 1.69. The van der Waals surface area contributed by atoms with E-state index in [4.69, 9.17) is 0 Å². The molecule has 1 unspecified atom stereocenters.